The van der Waals surface area contributed by atoms with Gasteiger partial charge in [0, 0.05) is 34.2 Å². The van der Waals surface area contributed by atoms with Crippen molar-refractivity contribution in [1.82, 2.24) is 10.2 Å². The molecular weight excluding hydrogens is 483 g/mol. The molecule has 1 aromatic heterocycles. The quantitative estimate of drug-likeness (QED) is 0.389. The van der Waals surface area contributed by atoms with Crippen LogP contribution in [-0.2, 0) is 17.1 Å². The van der Waals surface area contributed by atoms with E-state index in [1.165, 1.54) is 17.8 Å². The van der Waals surface area contributed by atoms with Crippen molar-refractivity contribution >= 4 is 46.9 Å². The second kappa shape index (κ2) is 11.1. The van der Waals surface area contributed by atoms with E-state index in [4.69, 9.17) is 16.0 Å². The van der Waals surface area contributed by atoms with E-state index in [1.807, 2.05) is 18.2 Å². The number of carbonyl (C=O) groups is 2. The summed E-state index contributed by atoms with van der Waals surface area (Å²) in [5.41, 5.74) is 1.99. The van der Waals surface area contributed by atoms with Crippen LogP contribution in [0.3, 0.4) is 0 Å². The lowest BCUT2D eigenvalue weighted by molar-refractivity contribution is -0.128. The third-order valence-electron chi connectivity index (χ3n) is 5.17. The van der Waals surface area contributed by atoms with Gasteiger partial charge in [0.05, 0.1) is 18.6 Å². The van der Waals surface area contributed by atoms with Crippen molar-refractivity contribution < 1.29 is 18.4 Å². The number of halogens is 2. The molecule has 1 aliphatic heterocycles. The molecule has 0 radical (unpaired) electrons. The first kappa shape index (κ1) is 23.7. The molecule has 0 aliphatic carbocycles. The predicted octanol–water partition coefficient (Wildman–Crippen LogP) is 5.51. The Balaban J connectivity index is 1.27. The summed E-state index contributed by atoms with van der Waals surface area (Å²) in [6.45, 7) is 0.878. The molecule has 2 aromatic carbocycles. The molecule has 2 heterocycles. The van der Waals surface area contributed by atoms with Gasteiger partial charge in [-0.25, -0.2) is 4.39 Å². The van der Waals surface area contributed by atoms with Crippen LogP contribution in [0.2, 0.25) is 5.02 Å². The average molecular weight is 505 g/mol. The molecule has 0 unspecified atom stereocenters. The van der Waals surface area contributed by atoms with E-state index in [-0.39, 0.29) is 23.0 Å². The molecule has 4 rings (SSSR count). The highest BCUT2D eigenvalue weighted by atomic mass is 35.5. The van der Waals surface area contributed by atoms with Gasteiger partial charge in [0.15, 0.2) is 0 Å². The molecule has 172 valence electrons. The van der Waals surface area contributed by atoms with Crippen LogP contribution >= 0.6 is 35.1 Å². The first-order valence-corrected chi connectivity index (χ1v) is 12.9. The number of amides is 2. The molecule has 1 aliphatic rings. The Morgan fingerprint density at radius 3 is 2.76 bits per heavy atom. The summed E-state index contributed by atoms with van der Waals surface area (Å²) in [7, 11) is 0. The molecule has 33 heavy (non-hydrogen) atoms. The van der Waals surface area contributed by atoms with Gasteiger partial charge >= 0.3 is 0 Å². The standard InChI is InChI=1S/C24H22ClFN2O3S2/c25-20-4-1-5-21(26)19(20)14-32-12-10-27-23(30)16-6-8-17(9-7-16)24-28(22(29)15-33-24)13-18-3-2-11-31-18/h1-9,11,24H,10,12-15H2,(H,27,30)/t24-/m1/s1. The Bertz CT molecular complexity index is 1090. The number of thioether (sulfide) groups is 2. The normalized spacial score (nSPS) is 15.8. The first-order chi connectivity index (χ1) is 16.0. The van der Waals surface area contributed by atoms with Gasteiger partial charge in [-0.1, -0.05) is 29.8 Å². The number of carbonyl (C=O) groups excluding carboxylic acids is 2. The molecule has 1 fully saturated rings. The lowest BCUT2D eigenvalue weighted by Gasteiger charge is -2.23. The fourth-order valence-electron chi connectivity index (χ4n) is 3.45. The van der Waals surface area contributed by atoms with Gasteiger partial charge in [-0.2, -0.15) is 11.8 Å². The summed E-state index contributed by atoms with van der Waals surface area (Å²) < 4.78 is 19.2. The summed E-state index contributed by atoms with van der Waals surface area (Å²) in [6, 6.07) is 15.6. The molecule has 0 saturated carbocycles. The lowest BCUT2D eigenvalue weighted by atomic mass is 10.1. The van der Waals surface area contributed by atoms with Crippen LogP contribution < -0.4 is 5.32 Å². The molecule has 5 nitrogen and oxygen atoms in total. The fraction of sp³-hybridized carbons (Fsp3) is 0.250. The maximum Gasteiger partial charge on any atom is 0.251 e. The van der Waals surface area contributed by atoms with Crippen molar-refractivity contribution in [1.29, 1.82) is 0 Å². The van der Waals surface area contributed by atoms with Crippen LogP contribution in [0, 0.1) is 5.82 Å². The van der Waals surface area contributed by atoms with Crippen LogP contribution in [0.5, 0.6) is 0 Å². The summed E-state index contributed by atoms with van der Waals surface area (Å²) >= 11 is 9.10. The average Bonchev–Trinajstić information content (AvgIpc) is 3.46. The lowest BCUT2D eigenvalue weighted by Crippen LogP contribution is -2.28. The summed E-state index contributed by atoms with van der Waals surface area (Å²) in [4.78, 5) is 26.6. The monoisotopic (exact) mass is 504 g/mol. The minimum atomic E-state index is -0.316. The highest BCUT2D eigenvalue weighted by Crippen LogP contribution is 2.39. The Morgan fingerprint density at radius 2 is 2.03 bits per heavy atom. The van der Waals surface area contributed by atoms with Crippen LogP contribution in [-0.4, -0.2) is 34.8 Å². The summed E-state index contributed by atoms with van der Waals surface area (Å²) in [6.07, 6.45) is 1.60. The Kier molecular flexibility index (Phi) is 8.01. The van der Waals surface area contributed by atoms with Gasteiger partial charge in [-0.05, 0) is 42.0 Å². The van der Waals surface area contributed by atoms with E-state index in [0.717, 1.165) is 11.3 Å². The van der Waals surface area contributed by atoms with E-state index < -0.39 is 0 Å². The predicted molar refractivity (Wildman–Crippen MR) is 131 cm³/mol. The van der Waals surface area contributed by atoms with E-state index >= 15 is 0 Å². The Hall–Kier alpha value is -2.42. The fourth-order valence-corrected chi connectivity index (χ4v) is 5.84. The molecule has 9 heteroatoms. The zero-order valence-corrected chi connectivity index (χ0v) is 20.0. The van der Waals surface area contributed by atoms with Crippen molar-refractivity contribution in [3.8, 4) is 0 Å². The topological polar surface area (TPSA) is 62.6 Å². The zero-order chi connectivity index (χ0) is 23.2. The van der Waals surface area contributed by atoms with Crippen molar-refractivity contribution in [3.63, 3.8) is 0 Å². The van der Waals surface area contributed by atoms with Gasteiger partial charge in [0.1, 0.15) is 17.0 Å². The van der Waals surface area contributed by atoms with Gasteiger partial charge in [-0.3, -0.25) is 9.59 Å². The number of nitrogens with one attached hydrogen (secondary N) is 1. The van der Waals surface area contributed by atoms with Crippen LogP contribution in [0.25, 0.3) is 0 Å². The largest absolute Gasteiger partial charge is 0.467 e. The Labute approximate surface area is 205 Å². The van der Waals surface area contributed by atoms with Crippen molar-refractivity contribution in [2.24, 2.45) is 0 Å². The second-order valence-corrected chi connectivity index (χ2v) is 9.98. The van der Waals surface area contributed by atoms with Crippen molar-refractivity contribution in [2.45, 2.75) is 17.7 Å². The number of rotatable bonds is 9. The molecule has 2 amide bonds. The highest BCUT2D eigenvalue weighted by molar-refractivity contribution is 8.00. The first-order valence-electron chi connectivity index (χ1n) is 10.3. The van der Waals surface area contributed by atoms with Gasteiger partial charge in [0.25, 0.3) is 5.91 Å². The van der Waals surface area contributed by atoms with Crippen LogP contribution in [0.1, 0.15) is 32.6 Å². The Morgan fingerprint density at radius 1 is 1.21 bits per heavy atom. The summed E-state index contributed by atoms with van der Waals surface area (Å²) in [5, 5.41) is 3.18. The van der Waals surface area contributed by atoms with Gasteiger partial charge in [-0.15, -0.1) is 11.8 Å². The number of hydrogen-bond donors (Lipinski definition) is 1. The third-order valence-corrected chi connectivity index (χ3v) is 7.77. The van der Waals surface area contributed by atoms with E-state index in [9.17, 15) is 14.0 Å². The third kappa shape index (κ3) is 5.93. The number of benzene rings is 2. The molecule has 1 saturated heterocycles. The number of nitrogens with zero attached hydrogens (tertiary/aromatic N) is 1. The molecule has 0 bridgehead atoms. The molecule has 0 spiro atoms. The summed E-state index contributed by atoms with van der Waals surface area (Å²) in [5.74, 6) is 1.82. The SMILES string of the molecule is O=C(NCCSCc1c(F)cccc1Cl)c1ccc([C@H]2SCC(=O)N2Cc2ccco2)cc1. The minimum Gasteiger partial charge on any atom is -0.467 e. The number of furan rings is 1. The molecule has 1 atom stereocenters. The zero-order valence-electron chi connectivity index (χ0n) is 17.6. The smallest absolute Gasteiger partial charge is 0.251 e. The number of hydrogen-bond acceptors (Lipinski definition) is 5. The minimum absolute atomic E-state index is 0.0670. The van der Waals surface area contributed by atoms with Crippen LogP contribution in [0.15, 0.2) is 65.3 Å². The van der Waals surface area contributed by atoms with E-state index in [0.29, 0.717) is 46.5 Å². The van der Waals surface area contributed by atoms with E-state index in [1.54, 1.807) is 53.3 Å². The van der Waals surface area contributed by atoms with Crippen molar-refractivity contribution in [3.05, 3.63) is 94.2 Å². The van der Waals surface area contributed by atoms with Crippen molar-refractivity contribution in [2.75, 3.05) is 18.1 Å². The maximum absolute atomic E-state index is 13.8. The van der Waals surface area contributed by atoms with Gasteiger partial charge < -0.3 is 14.6 Å². The highest BCUT2D eigenvalue weighted by Gasteiger charge is 2.33. The van der Waals surface area contributed by atoms with Crippen LogP contribution in [0.4, 0.5) is 4.39 Å². The van der Waals surface area contributed by atoms with Gasteiger partial charge in [0.2, 0.25) is 5.91 Å². The molecule has 1 N–H and O–H groups in total. The maximum atomic E-state index is 13.8. The molecular formula is C24H22ClFN2O3S2. The molecule has 3 aromatic rings. The second-order valence-electron chi connectivity index (χ2n) is 7.40. The van der Waals surface area contributed by atoms with E-state index in [2.05, 4.69) is 5.32 Å².